The smallest absolute Gasteiger partial charge is 0.0947 e. The fraction of sp³-hybridized carbons (Fsp3) is 0.773. The standard InChI is InChI=1S/C22H38N2O/c1-6-8-10-19(7-2)17-25-12-9-11-24-21-13-20(18(3)16-23)14-22(4,5)15-21/h13,19,24H,6-12,14-15,17H2,1-5H3/b20-18+. The maximum atomic E-state index is 9.16. The lowest BCUT2D eigenvalue weighted by Gasteiger charge is -2.32. The SMILES string of the molecule is CCCCC(CC)COCCCNC1=C/C(=C(/C)C#N)CC(C)(C)C1. The number of hydrogen-bond donors (Lipinski definition) is 1. The second kappa shape index (κ2) is 11.4. The van der Waals surface area contributed by atoms with Crippen LogP contribution in [0.3, 0.4) is 0 Å². The Morgan fingerprint density at radius 3 is 2.72 bits per heavy atom. The fourth-order valence-electron chi connectivity index (χ4n) is 3.40. The summed E-state index contributed by atoms with van der Waals surface area (Å²) >= 11 is 0. The van der Waals surface area contributed by atoms with Gasteiger partial charge in [0.1, 0.15) is 0 Å². The van der Waals surface area contributed by atoms with E-state index in [1.165, 1.54) is 37.0 Å². The average Bonchev–Trinajstić information content (AvgIpc) is 2.58. The third kappa shape index (κ3) is 8.59. The first-order valence-corrected chi connectivity index (χ1v) is 10.0. The topological polar surface area (TPSA) is 45.0 Å². The van der Waals surface area contributed by atoms with Crippen LogP contribution in [-0.2, 0) is 4.74 Å². The van der Waals surface area contributed by atoms with Crippen LogP contribution in [0.2, 0.25) is 0 Å². The monoisotopic (exact) mass is 346 g/mol. The number of nitriles is 1. The van der Waals surface area contributed by atoms with E-state index in [2.05, 4.69) is 45.2 Å². The molecule has 1 unspecified atom stereocenters. The van der Waals surface area contributed by atoms with Crippen LogP contribution in [0.5, 0.6) is 0 Å². The molecule has 0 bridgehead atoms. The van der Waals surface area contributed by atoms with Crippen molar-refractivity contribution in [2.75, 3.05) is 19.8 Å². The molecule has 1 aliphatic rings. The maximum absolute atomic E-state index is 9.16. The van der Waals surface area contributed by atoms with Crippen molar-refractivity contribution in [1.82, 2.24) is 5.32 Å². The van der Waals surface area contributed by atoms with E-state index in [1.807, 2.05) is 6.92 Å². The first-order valence-electron chi connectivity index (χ1n) is 10.0. The summed E-state index contributed by atoms with van der Waals surface area (Å²) in [6, 6.07) is 2.29. The molecule has 0 spiro atoms. The van der Waals surface area contributed by atoms with Crippen molar-refractivity contribution in [3.8, 4) is 6.07 Å². The third-order valence-corrected chi connectivity index (χ3v) is 5.05. The van der Waals surface area contributed by atoms with E-state index in [9.17, 15) is 0 Å². The third-order valence-electron chi connectivity index (χ3n) is 5.05. The highest BCUT2D eigenvalue weighted by Gasteiger charge is 2.26. The lowest BCUT2D eigenvalue weighted by atomic mass is 9.76. The van der Waals surface area contributed by atoms with Gasteiger partial charge in [0.15, 0.2) is 0 Å². The van der Waals surface area contributed by atoms with Crippen molar-refractivity contribution < 1.29 is 4.74 Å². The number of rotatable bonds is 11. The Hall–Kier alpha value is -1.27. The van der Waals surface area contributed by atoms with E-state index in [1.54, 1.807) is 0 Å². The number of allylic oxidation sites excluding steroid dienone is 4. The number of ether oxygens (including phenoxy) is 1. The molecular weight excluding hydrogens is 308 g/mol. The summed E-state index contributed by atoms with van der Waals surface area (Å²) in [4.78, 5) is 0. The van der Waals surface area contributed by atoms with Crippen LogP contribution in [0.4, 0.5) is 0 Å². The summed E-state index contributed by atoms with van der Waals surface area (Å²) in [5.41, 5.74) is 3.50. The molecule has 0 fully saturated rings. The van der Waals surface area contributed by atoms with Crippen LogP contribution in [-0.4, -0.2) is 19.8 Å². The van der Waals surface area contributed by atoms with Crippen LogP contribution in [0.1, 0.15) is 79.6 Å². The van der Waals surface area contributed by atoms with Gasteiger partial charge in [-0.2, -0.15) is 5.26 Å². The molecule has 0 aromatic rings. The zero-order chi connectivity index (χ0) is 18.7. The molecular formula is C22H38N2O. The highest BCUT2D eigenvalue weighted by Crippen LogP contribution is 2.38. The van der Waals surface area contributed by atoms with E-state index in [0.717, 1.165) is 50.5 Å². The van der Waals surface area contributed by atoms with Gasteiger partial charge in [0.25, 0.3) is 0 Å². The zero-order valence-electron chi connectivity index (χ0n) is 17.1. The van der Waals surface area contributed by atoms with E-state index in [4.69, 9.17) is 10.00 Å². The maximum Gasteiger partial charge on any atom is 0.0947 e. The van der Waals surface area contributed by atoms with Gasteiger partial charge >= 0.3 is 0 Å². The highest BCUT2D eigenvalue weighted by molar-refractivity contribution is 5.38. The quantitative estimate of drug-likeness (QED) is 0.383. The summed E-state index contributed by atoms with van der Waals surface area (Å²) in [6.07, 6.45) is 10.3. The van der Waals surface area contributed by atoms with Crippen molar-refractivity contribution >= 4 is 0 Å². The van der Waals surface area contributed by atoms with E-state index >= 15 is 0 Å². The Bertz CT molecular complexity index is 497. The van der Waals surface area contributed by atoms with Gasteiger partial charge in [-0.05, 0) is 55.6 Å². The Morgan fingerprint density at radius 1 is 1.32 bits per heavy atom. The average molecular weight is 347 g/mol. The molecule has 0 radical (unpaired) electrons. The van der Waals surface area contributed by atoms with E-state index in [-0.39, 0.29) is 5.41 Å². The summed E-state index contributed by atoms with van der Waals surface area (Å²) in [7, 11) is 0. The van der Waals surface area contributed by atoms with Gasteiger partial charge in [-0.1, -0.05) is 47.0 Å². The Labute approximate surface area is 155 Å². The van der Waals surface area contributed by atoms with Crippen LogP contribution in [0.25, 0.3) is 0 Å². The van der Waals surface area contributed by atoms with Gasteiger partial charge in [-0.3, -0.25) is 0 Å². The minimum absolute atomic E-state index is 0.217. The normalized spacial score (nSPS) is 19.8. The van der Waals surface area contributed by atoms with Gasteiger partial charge in [-0.25, -0.2) is 0 Å². The number of nitrogens with zero attached hydrogens (tertiary/aromatic N) is 1. The van der Waals surface area contributed by atoms with E-state index in [0.29, 0.717) is 0 Å². The largest absolute Gasteiger partial charge is 0.388 e. The zero-order valence-corrected chi connectivity index (χ0v) is 17.1. The summed E-state index contributed by atoms with van der Waals surface area (Å²) in [5, 5.41) is 12.7. The summed E-state index contributed by atoms with van der Waals surface area (Å²) in [5.74, 6) is 0.719. The van der Waals surface area contributed by atoms with Crippen molar-refractivity contribution in [3.05, 3.63) is 22.9 Å². The molecule has 3 nitrogen and oxygen atoms in total. The first kappa shape index (κ1) is 21.8. The van der Waals surface area contributed by atoms with Crippen molar-refractivity contribution in [2.24, 2.45) is 11.3 Å². The number of nitrogens with one attached hydrogen (secondary N) is 1. The molecule has 0 saturated heterocycles. The van der Waals surface area contributed by atoms with Gasteiger partial charge in [0.2, 0.25) is 0 Å². The van der Waals surface area contributed by atoms with Crippen molar-refractivity contribution in [1.29, 1.82) is 5.26 Å². The number of hydrogen-bond acceptors (Lipinski definition) is 3. The van der Waals surface area contributed by atoms with Gasteiger partial charge in [-0.15, -0.1) is 0 Å². The Balaban J connectivity index is 2.33. The second-order valence-electron chi connectivity index (χ2n) is 8.22. The molecule has 1 atom stereocenters. The molecule has 1 aliphatic carbocycles. The predicted octanol–water partition coefficient (Wildman–Crippen LogP) is 5.74. The van der Waals surface area contributed by atoms with Crippen LogP contribution < -0.4 is 5.32 Å². The Kier molecular flexibility index (Phi) is 9.90. The molecule has 0 aliphatic heterocycles. The van der Waals surface area contributed by atoms with Crippen molar-refractivity contribution in [3.63, 3.8) is 0 Å². The molecule has 0 aromatic heterocycles. The van der Waals surface area contributed by atoms with Gasteiger partial charge in [0, 0.05) is 31.0 Å². The van der Waals surface area contributed by atoms with Gasteiger partial charge < -0.3 is 10.1 Å². The minimum atomic E-state index is 0.217. The van der Waals surface area contributed by atoms with Gasteiger partial charge in [0.05, 0.1) is 6.07 Å². The predicted molar refractivity (Wildman–Crippen MR) is 106 cm³/mol. The molecule has 1 rings (SSSR count). The molecule has 1 N–H and O–H groups in total. The van der Waals surface area contributed by atoms with Crippen molar-refractivity contribution in [2.45, 2.75) is 79.6 Å². The molecule has 0 amide bonds. The second-order valence-corrected chi connectivity index (χ2v) is 8.22. The van der Waals surface area contributed by atoms with E-state index < -0.39 is 0 Å². The van der Waals surface area contributed by atoms with Crippen LogP contribution in [0, 0.1) is 22.7 Å². The van der Waals surface area contributed by atoms with Crippen LogP contribution >= 0.6 is 0 Å². The molecule has 0 aromatic carbocycles. The molecule has 3 heteroatoms. The first-order chi connectivity index (χ1) is 11.9. The van der Waals surface area contributed by atoms with Crippen LogP contribution in [0.15, 0.2) is 22.9 Å². The lowest BCUT2D eigenvalue weighted by molar-refractivity contribution is 0.0924. The Morgan fingerprint density at radius 2 is 2.08 bits per heavy atom. The summed E-state index contributed by atoms with van der Waals surface area (Å²) < 4.78 is 5.88. The number of unbranched alkanes of at least 4 members (excludes halogenated alkanes) is 1. The molecule has 142 valence electrons. The molecule has 25 heavy (non-hydrogen) atoms. The highest BCUT2D eigenvalue weighted by atomic mass is 16.5. The lowest BCUT2D eigenvalue weighted by Crippen LogP contribution is -2.26. The summed E-state index contributed by atoms with van der Waals surface area (Å²) in [6.45, 7) is 13.6. The molecule has 0 saturated carbocycles. The molecule has 0 heterocycles. The minimum Gasteiger partial charge on any atom is -0.388 e. The fourth-order valence-corrected chi connectivity index (χ4v) is 3.40.